The van der Waals surface area contributed by atoms with E-state index in [0.717, 1.165) is 10.4 Å². The van der Waals surface area contributed by atoms with Crippen molar-refractivity contribution in [3.63, 3.8) is 0 Å². The minimum atomic E-state index is -4.02. The maximum absolute atomic E-state index is 12.8. The standard InChI is InChI=1S/C24H27N3O5S2/c1-24(2,3)32-23(29)19(27-34(30,31)18-10-5-4-6-11-18)15-26-22(28)21-13-12-20(33-21)16-8-7-9-17(25)14-16/h4-14,19,27H,15,25H2,1-3H3,(H,26,28). The van der Waals surface area contributed by atoms with Crippen LogP contribution >= 0.6 is 11.3 Å². The molecule has 8 nitrogen and oxygen atoms in total. The molecule has 0 saturated heterocycles. The normalized spacial score (nSPS) is 12.7. The smallest absolute Gasteiger partial charge is 0.326 e. The van der Waals surface area contributed by atoms with Gasteiger partial charge < -0.3 is 15.8 Å². The van der Waals surface area contributed by atoms with Gasteiger partial charge in [-0.25, -0.2) is 8.42 Å². The zero-order chi connectivity index (χ0) is 24.9. The molecule has 0 bridgehead atoms. The van der Waals surface area contributed by atoms with Crippen molar-refractivity contribution in [1.29, 1.82) is 0 Å². The van der Waals surface area contributed by atoms with Crippen molar-refractivity contribution in [2.75, 3.05) is 12.3 Å². The second kappa shape index (κ2) is 10.4. The highest BCUT2D eigenvalue weighted by Crippen LogP contribution is 2.29. The van der Waals surface area contributed by atoms with E-state index in [1.165, 1.54) is 23.5 Å². The van der Waals surface area contributed by atoms with Crippen LogP contribution in [0.4, 0.5) is 5.69 Å². The van der Waals surface area contributed by atoms with E-state index in [-0.39, 0.29) is 11.4 Å². The van der Waals surface area contributed by atoms with Crippen molar-refractivity contribution >= 4 is 38.9 Å². The van der Waals surface area contributed by atoms with Gasteiger partial charge in [-0.1, -0.05) is 30.3 Å². The van der Waals surface area contributed by atoms with E-state index in [9.17, 15) is 18.0 Å². The number of carbonyl (C=O) groups is 2. The number of thiophene rings is 1. The first-order chi connectivity index (χ1) is 15.9. The van der Waals surface area contributed by atoms with Crippen LogP contribution in [0.25, 0.3) is 10.4 Å². The summed E-state index contributed by atoms with van der Waals surface area (Å²) in [6.45, 7) is 4.74. The van der Waals surface area contributed by atoms with E-state index in [1.54, 1.807) is 57.2 Å². The molecular weight excluding hydrogens is 474 g/mol. The molecule has 10 heteroatoms. The SMILES string of the molecule is CC(C)(C)OC(=O)C(CNC(=O)c1ccc(-c2cccc(N)c2)s1)NS(=O)(=O)c1ccccc1. The van der Waals surface area contributed by atoms with Crippen LogP contribution in [0.2, 0.25) is 0 Å². The summed E-state index contributed by atoms with van der Waals surface area (Å²) in [6.07, 6.45) is 0. The zero-order valence-corrected chi connectivity index (χ0v) is 20.7. The third-order valence-electron chi connectivity index (χ3n) is 4.51. The molecule has 0 aliphatic carbocycles. The average molecular weight is 502 g/mol. The van der Waals surface area contributed by atoms with E-state index in [0.29, 0.717) is 10.6 Å². The Labute approximate surface area is 203 Å². The van der Waals surface area contributed by atoms with Gasteiger partial charge in [-0.2, -0.15) is 4.72 Å². The third kappa shape index (κ3) is 6.89. The predicted octanol–water partition coefficient (Wildman–Crippen LogP) is 3.42. The number of hydrogen-bond donors (Lipinski definition) is 3. The van der Waals surface area contributed by atoms with E-state index in [2.05, 4.69) is 10.0 Å². The fourth-order valence-corrected chi connectivity index (χ4v) is 5.11. The Morgan fingerprint density at radius 1 is 1.03 bits per heavy atom. The van der Waals surface area contributed by atoms with Gasteiger partial charge in [0.05, 0.1) is 9.77 Å². The number of rotatable bonds is 8. The Hall–Kier alpha value is -3.21. The van der Waals surface area contributed by atoms with Crippen LogP contribution in [0.5, 0.6) is 0 Å². The molecule has 0 spiro atoms. The average Bonchev–Trinajstić information content (AvgIpc) is 3.26. The quantitative estimate of drug-likeness (QED) is 0.321. The highest BCUT2D eigenvalue weighted by atomic mass is 32.2. The molecule has 180 valence electrons. The van der Waals surface area contributed by atoms with E-state index >= 15 is 0 Å². The molecule has 0 radical (unpaired) electrons. The lowest BCUT2D eigenvalue weighted by molar-refractivity contribution is -0.156. The van der Waals surface area contributed by atoms with Crippen molar-refractivity contribution in [2.24, 2.45) is 0 Å². The minimum absolute atomic E-state index is 0.0000760. The molecule has 0 aliphatic rings. The maximum Gasteiger partial charge on any atom is 0.326 e. The Morgan fingerprint density at radius 3 is 2.38 bits per heavy atom. The number of nitrogens with one attached hydrogen (secondary N) is 2. The van der Waals surface area contributed by atoms with Gasteiger partial charge in [-0.15, -0.1) is 11.3 Å². The van der Waals surface area contributed by atoms with E-state index < -0.39 is 33.5 Å². The summed E-state index contributed by atoms with van der Waals surface area (Å²) in [4.78, 5) is 26.7. The molecule has 4 N–H and O–H groups in total. The number of benzene rings is 2. The van der Waals surface area contributed by atoms with Gasteiger partial charge in [0, 0.05) is 17.1 Å². The number of ether oxygens (including phenoxy) is 1. The molecule has 1 heterocycles. The Balaban J connectivity index is 1.75. The fraction of sp³-hybridized carbons (Fsp3) is 0.250. The number of nitrogen functional groups attached to an aromatic ring is 1. The second-order valence-electron chi connectivity index (χ2n) is 8.52. The summed E-state index contributed by atoms with van der Waals surface area (Å²) in [5, 5.41) is 2.63. The Morgan fingerprint density at radius 2 is 1.74 bits per heavy atom. The molecule has 1 amide bonds. The molecule has 0 saturated carbocycles. The van der Waals surface area contributed by atoms with Crippen LogP contribution in [0.3, 0.4) is 0 Å². The first-order valence-corrected chi connectivity index (χ1v) is 12.8. The summed E-state index contributed by atoms with van der Waals surface area (Å²) in [5.74, 6) is -1.23. The monoisotopic (exact) mass is 501 g/mol. The molecule has 1 aromatic heterocycles. The fourth-order valence-electron chi connectivity index (χ4n) is 2.99. The molecule has 1 atom stereocenters. The predicted molar refractivity (Wildman–Crippen MR) is 133 cm³/mol. The van der Waals surface area contributed by atoms with Gasteiger partial charge in [0.2, 0.25) is 10.0 Å². The zero-order valence-electron chi connectivity index (χ0n) is 19.1. The number of amides is 1. The van der Waals surface area contributed by atoms with Gasteiger partial charge in [0.15, 0.2) is 0 Å². The van der Waals surface area contributed by atoms with Gasteiger partial charge in [0.1, 0.15) is 11.6 Å². The number of esters is 1. The number of sulfonamides is 1. The summed E-state index contributed by atoms with van der Waals surface area (Å²) < 4.78 is 33.3. The van der Waals surface area contributed by atoms with Crippen LogP contribution < -0.4 is 15.8 Å². The van der Waals surface area contributed by atoms with Crippen LogP contribution in [0, 0.1) is 0 Å². The van der Waals surface area contributed by atoms with Crippen molar-refractivity contribution in [1.82, 2.24) is 10.0 Å². The van der Waals surface area contributed by atoms with Crippen LogP contribution in [0.1, 0.15) is 30.4 Å². The van der Waals surface area contributed by atoms with E-state index in [1.807, 2.05) is 18.2 Å². The molecule has 3 aromatic rings. The summed E-state index contributed by atoms with van der Waals surface area (Å²) >= 11 is 1.26. The molecule has 1 unspecified atom stereocenters. The van der Waals surface area contributed by atoms with Crippen LogP contribution in [-0.4, -0.2) is 38.5 Å². The molecule has 2 aromatic carbocycles. The largest absolute Gasteiger partial charge is 0.459 e. The van der Waals surface area contributed by atoms with Crippen LogP contribution in [-0.2, 0) is 19.6 Å². The van der Waals surface area contributed by atoms with E-state index in [4.69, 9.17) is 10.5 Å². The Kier molecular flexibility index (Phi) is 7.75. The first kappa shape index (κ1) is 25.4. The lowest BCUT2D eigenvalue weighted by Crippen LogP contribution is -2.50. The van der Waals surface area contributed by atoms with Crippen molar-refractivity contribution in [3.05, 3.63) is 71.6 Å². The van der Waals surface area contributed by atoms with Gasteiger partial charge >= 0.3 is 5.97 Å². The molecule has 0 fully saturated rings. The lowest BCUT2D eigenvalue weighted by Gasteiger charge is -2.24. The first-order valence-electron chi connectivity index (χ1n) is 10.5. The number of hydrogen-bond acceptors (Lipinski definition) is 7. The molecular formula is C24H27N3O5S2. The summed E-state index contributed by atoms with van der Waals surface area (Å²) in [5.41, 5.74) is 6.49. The van der Waals surface area contributed by atoms with Crippen molar-refractivity contribution in [2.45, 2.75) is 37.3 Å². The van der Waals surface area contributed by atoms with Gasteiger partial charge in [0.25, 0.3) is 5.91 Å². The summed E-state index contributed by atoms with van der Waals surface area (Å²) in [7, 11) is -4.02. The number of anilines is 1. The molecule has 34 heavy (non-hydrogen) atoms. The van der Waals surface area contributed by atoms with Gasteiger partial charge in [-0.3, -0.25) is 9.59 Å². The third-order valence-corrected chi connectivity index (χ3v) is 7.13. The highest BCUT2D eigenvalue weighted by molar-refractivity contribution is 7.89. The number of nitrogens with two attached hydrogens (primary N) is 1. The topological polar surface area (TPSA) is 128 Å². The number of carbonyl (C=O) groups excluding carboxylic acids is 2. The second-order valence-corrected chi connectivity index (χ2v) is 11.3. The lowest BCUT2D eigenvalue weighted by atomic mass is 10.2. The summed E-state index contributed by atoms with van der Waals surface area (Å²) in [6, 6.07) is 17.1. The Bertz CT molecular complexity index is 1270. The molecule has 0 aliphatic heterocycles. The minimum Gasteiger partial charge on any atom is -0.459 e. The highest BCUT2D eigenvalue weighted by Gasteiger charge is 2.30. The van der Waals surface area contributed by atoms with Gasteiger partial charge in [-0.05, 0) is 62.7 Å². The molecule has 3 rings (SSSR count). The van der Waals surface area contributed by atoms with Crippen molar-refractivity contribution in [3.8, 4) is 10.4 Å². The maximum atomic E-state index is 12.8. The van der Waals surface area contributed by atoms with Crippen molar-refractivity contribution < 1.29 is 22.7 Å². The van der Waals surface area contributed by atoms with Crippen LogP contribution in [0.15, 0.2) is 71.6 Å².